The second kappa shape index (κ2) is 6.07. The first kappa shape index (κ1) is 13.2. The summed E-state index contributed by atoms with van der Waals surface area (Å²) in [5.74, 6) is -0.817. The van der Waals surface area contributed by atoms with Crippen LogP contribution in [0.1, 0.15) is 5.56 Å². The fraction of sp³-hybridized carbons (Fsp3) is 0.0714. The first-order valence-electron chi connectivity index (χ1n) is 5.38. The van der Waals surface area contributed by atoms with E-state index in [1.165, 1.54) is 0 Å². The zero-order valence-corrected chi connectivity index (χ0v) is 11.9. The molecule has 0 radical (unpaired) electrons. The Labute approximate surface area is 118 Å². The Hall–Kier alpha value is -1.26. The lowest BCUT2D eigenvalue weighted by Gasteiger charge is -2.08. The van der Waals surface area contributed by atoms with Crippen LogP contribution >= 0.6 is 27.7 Å². The second-order valence-electron chi connectivity index (χ2n) is 3.74. The van der Waals surface area contributed by atoms with Gasteiger partial charge in [0.25, 0.3) is 0 Å². The van der Waals surface area contributed by atoms with Gasteiger partial charge in [0.2, 0.25) is 0 Å². The minimum Gasteiger partial charge on any atom is -0.481 e. The molecule has 4 heteroatoms. The summed E-state index contributed by atoms with van der Waals surface area (Å²) in [6.45, 7) is 0. The van der Waals surface area contributed by atoms with Crippen molar-refractivity contribution in [2.24, 2.45) is 0 Å². The predicted molar refractivity (Wildman–Crippen MR) is 76.0 cm³/mol. The summed E-state index contributed by atoms with van der Waals surface area (Å²) in [7, 11) is 0. The minimum absolute atomic E-state index is 0.0363. The summed E-state index contributed by atoms with van der Waals surface area (Å²) in [4.78, 5) is 12.9. The van der Waals surface area contributed by atoms with Gasteiger partial charge in [-0.25, -0.2) is 0 Å². The maximum Gasteiger partial charge on any atom is 0.307 e. The van der Waals surface area contributed by atoms with Gasteiger partial charge in [0, 0.05) is 14.3 Å². The van der Waals surface area contributed by atoms with Crippen molar-refractivity contribution in [2.75, 3.05) is 0 Å². The topological polar surface area (TPSA) is 37.3 Å². The summed E-state index contributed by atoms with van der Waals surface area (Å²) < 4.78 is 0.899. The second-order valence-corrected chi connectivity index (χ2v) is 5.77. The molecule has 1 N–H and O–H groups in total. The highest BCUT2D eigenvalue weighted by atomic mass is 79.9. The first-order chi connectivity index (χ1) is 8.65. The quantitative estimate of drug-likeness (QED) is 0.915. The molecule has 0 bridgehead atoms. The molecule has 2 aromatic carbocycles. The van der Waals surface area contributed by atoms with Crippen LogP contribution in [0, 0.1) is 0 Å². The Bertz CT molecular complexity index is 555. The van der Waals surface area contributed by atoms with Crippen LogP contribution in [0.4, 0.5) is 0 Å². The average molecular weight is 323 g/mol. The lowest BCUT2D eigenvalue weighted by atomic mass is 10.1. The Morgan fingerprint density at radius 2 is 1.89 bits per heavy atom. The van der Waals surface area contributed by atoms with E-state index in [1.54, 1.807) is 11.8 Å². The molecule has 0 atom stereocenters. The van der Waals surface area contributed by atoms with Crippen LogP contribution in [-0.2, 0) is 11.2 Å². The average Bonchev–Trinajstić information content (AvgIpc) is 2.33. The lowest BCUT2D eigenvalue weighted by molar-refractivity contribution is -0.136. The minimum atomic E-state index is -0.817. The fourth-order valence-corrected chi connectivity index (χ4v) is 2.92. The third kappa shape index (κ3) is 3.62. The lowest BCUT2D eigenvalue weighted by Crippen LogP contribution is -2.01. The van der Waals surface area contributed by atoms with Crippen molar-refractivity contribution < 1.29 is 9.90 Å². The molecule has 0 saturated carbocycles. The third-order valence-electron chi connectivity index (χ3n) is 2.34. The molecule has 18 heavy (non-hydrogen) atoms. The zero-order chi connectivity index (χ0) is 13.0. The predicted octanol–water partition coefficient (Wildman–Crippen LogP) is 4.23. The number of carboxylic acids is 1. The molecule has 2 nitrogen and oxygen atoms in total. The number of hydrogen-bond acceptors (Lipinski definition) is 2. The van der Waals surface area contributed by atoms with Crippen molar-refractivity contribution in [3.8, 4) is 0 Å². The number of halogens is 1. The molecular weight excluding hydrogens is 312 g/mol. The van der Waals surface area contributed by atoms with Crippen LogP contribution < -0.4 is 0 Å². The highest BCUT2D eigenvalue weighted by Crippen LogP contribution is 2.32. The van der Waals surface area contributed by atoms with Gasteiger partial charge in [-0.3, -0.25) is 4.79 Å². The Morgan fingerprint density at radius 3 is 2.56 bits per heavy atom. The number of benzene rings is 2. The van der Waals surface area contributed by atoms with E-state index >= 15 is 0 Å². The molecular formula is C14H11BrO2S. The molecule has 0 aliphatic carbocycles. The van der Waals surface area contributed by atoms with Crippen LogP contribution in [0.2, 0.25) is 0 Å². The van der Waals surface area contributed by atoms with Crippen molar-refractivity contribution in [3.05, 3.63) is 58.6 Å². The fourth-order valence-electron chi connectivity index (χ4n) is 1.56. The maximum absolute atomic E-state index is 10.9. The molecule has 2 aromatic rings. The normalized spacial score (nSPS) is 10.3. The van der Waals surface area contributed by atoms with E-state index in [1.807, 2.05) is 48.5 Å². The molecule has 0 spiro atoms. The van der Waals surface area contributed by atoms with Gasteiger partial charge in [-0.15, -0.1) is 0 Å². The highest BCUT2D eigenvalue weighted by Gasteiger charge is 2.08. The monoisotopic (exact) mass is 322 g/mol. The Kier molecular flexibility index (Phi) is 4.44. The smallest absolute Gasteiger partial charge is 0.307 e. The van der Waals surface area contributed by atoms with Crippen molar-refractivity contribution in [1.82, 2.24) is 0 Å². The molecule has 0 unspecified atom stereocenters. The molecule has 0 saturated heterocycles. The summed E-state index contributed by atoms with van der Waals surface area (Å²) in [6, 6.07) is 15.7. The first-order valence-corrected chi connectivity index (χ1v) is 6.99. The SMILES string of the molecule is O=C(O)Cc1cc(Br)ccc1Sc1ccccc1. The van der Waals surface area contributed by atoms with Gasteiger partial charge in [-0.1, -0.05) is 45.9 Å². The molecule has 92 valence electrons. The Balaban J connectivity index is 2.29. The van der Waals surface area contributed by atoms with E-state index < -0.39 is 5.97 Å². The summed E-state index contributed by atoms with van der Waals surface area (Å²) in [5.41, 5.74) is 0.825. The Morgan fingerprint density at radius 1 is 1.17 bits per heavy atom. The van der Waals surface area contributed by atoms with Crippen molar-refractivity contribution in [2.45, 2.75) is 16.2 Å². The molecule has 0 aliphatic rings. The van der Waals surface area contributed by atoms with Gasteiger partial charge in [0.15, 0.2) is 0 Å². The number of hydrogen-bond donors (Lipinski definition) is 1. The molecule has 0 heterocycles. The van der Waals surface area contributed by atoms with Crippen LogP contribution in [0.5, 0.6) is 0 Å². The van der Waals surface area contributed by atoms with Gasteiger partial charge in [-0.2, -0.15) is 0 Å². The molecule has 0 amide bonds. The van der Waals surface area contributed by atoms with Crippen LogP contribution in [0.15, 0.2) is 62.8 Å². The number of carbonyl (C=O) groups is 1. The molecule has 0 aromatic heterocycles. The van der Waals surface area contributed by atoms with Crippen LogP contribution in [0.3, 0.4) is 0 Å². The number of aliphatic carboxylic acids is 1. The van der Waals surface area contributed by atoms with E-state index in [0.29, 0.717) is 0 Å². The molecule has 0 fully saturated rings. The number of rotatable bonds is 4. The largest absolute Gasteiger partial charge is 0.481 e. The van der Waals surface area contributed by atoms with E-state index in [2.05, 4.69) is 15.9 Å². The van der Waals surface area contributed by atoms with E-state index in [9.17, 15) is 4.79 Å². The van der Waals surface area contributed by atoms with E-state index in [0.717, 1.165) is 19.8 Å². The van der Waals surface area contributed by atoms with Gasteiger partial charge in [-0.05, 0) is 35.9 Å². The van der Waals surface area contributed by atoms with Crippen molar-refractivity contribution in [1.29, 1.82) is 0 Å². The van der Waals surface area contributed by atoms with Gasteiger partial charge in [0.1, 0.15) is 0 Å². The van der Waals surface area contributed by atoms with E-state index in [-0.39, 0.29) is 6.42 Å². The maximum atomic E-state index is 10.9. The van der Waals surface area contributed by atoms with Crippen molar-refractivity contribution in [3.63, 3.8) is 0 Å². The zero-order valence-electron chi connectivity index (χ0n) is 9.47. The standard InChI is InChI=1S/C14H11BrO2S/c15-11-6-7-13(10(8-11)9-14(16)17)18-12-4-2-1-3-5-12/h1-8H,9H2,(H,16,17). The van der Waals surface area contributed by atoms with Gasteiger partial charge in [0.05, 0.1) is 6.42 Å². The highest BCUT2D eigenvalue weighted by molar-refractivity contribution is 9.10. The summed E-state index contributed by atoms with van der Waals surface area (Å²) in [6.07, 6.45) is 0.0363. The van der Waals surface area contributed by atoms with Crippen LogP contribution in [0.25, 0.3) is 0 Å². The van der Waals surface area contributed by atoms with Crippen LogP contribution in [-0.4, -0.2) is 11.1 Å². The van der Waals surface area contributed by atoms with Gasteiger partial charge < -0.3 is 5.11 Å². The summed E-state index contributed by atoms with van der Waals surface area (Å²) in [5, 5.41) is 8.92. The third-order valence-corrected chi connectivity index (χ3v) is 3.95. The molecule has 0 aliphatic heterocycles. The molecule has 2 rings (SSSR count). The van der Waals surface area contributed by atoms with E-state index in [4.69, 9.17) is 5.11 Å². The summed E-state index contributed by atoms with van der Waals surface area (Å²) >= 11 is 4.95. The number of carboxylic acid groups (broad SMARTS) is 1. The van der Waals surface area contributed by atoms with Crippen molar-refractivity contribution >= 4 is 33.7 Å². The van der Waals surface area contributed by atoms with Gasteiger partial charge >= 0.3 is 5.97 Å².